The molecule has 1 aromatic heterocycles. The minimum Gasteiger partial charge on any atom is -0.461 e. The molecule has 3 aliphatic rings. The maximum absolute atomic E-state index is 13.8. The van der Waals surface area contributed by atoms with Crippen molar-refractivity contribution in [1.82, 2.24) is 25.3 Å². The fourth-order valence-electron chi connectivity index (χ4n) is 7.48. The van der Waals surface area contributed by atoms with Gasteiger partial charge >= 0.3 is 18.0 Å². The summed E-state index contributed by atoms with van der Waals surface area (Å²) in [6.07, 6.45) is 6.77. The summed E-state index contributed by atoms with van der Waals surface area (Å²) < 4.78 is 6.10. The number of carbonyl (C=O) groups is 3. The van der Waals surface area contributed by atoms with Crippen LogP contribution in [0.5, 0.6) is 0 Å². The number of benzene rings is 3. The molecule has 1 aliphatic carbocycles. The summed E-state index contributed by atoms with van der Waals surface area (Å²) in [4.78, 5) is 43.9. The Morgan fingerprint density at radius 3 is 2.51 bits per heavy atom. The number of H-pyrrole nitrogens is 1. The molecule has 10 heteroatoms. The lowest BCUT2D eigenvalue weighted by Gasteiger charge is -2.40. The van der Waals surface area contributed by atoms with Gasteiger partial charge in [0.25, 0.3) is 0 Å². The SMILES string of the molecule is Cc1cc(CC(NC(=O)N2CCC(N3Cc4ccccc4NC3=O)CC2)C(=O)OC2CCC(c3ccccc3)CC2)cc2cn[nH]c12. The van der Waals surface area contributed by atoms with Crippen LogP contribution in [0.3, 0.4) is 0 Å². The number of hydrogen-bond acceptors (Lipinski definition) is 5. The third-order valence-corrected chi connectivity index (χ3v) is 10.1. The van der Waals surface area contributed by atoms with Gasteiger partial charge in [-0.2, -0.15) is 5.10 Å². The summed E-state index contributed by atoms with van der Waals surface area (Å²) in [6.45, 7) is 3.55. The van der Waals surface area contributed by atoms with Crippen molar-refractivity contribution in [3.8, 4) is 0 Å². The highest BCUT2D eigenvalue weighted by Crippen LogP contribution is 2.34. The van der Waals surface area contributed by atoms with Gasteiger partial charge in [-0.15, -0.1) is 0 Å². The number of piperidine rings is 1. The van der Waals surface area contributed by atoms with Crippen LogP contribution in [0, 0.1) is 6.92 Å². The zero-order chi connectivity index (χ0) is 32.3. The Balaban J connectivity index is 0.997. The topological polar surface area (TPSA) is 120 Å². The average molecular weight is 635 g/mol. The molecule has 3 aromatic carbocycles. The molecule has 3 heterocycles. The van der Waals surface area contributed by atoms with Gasteiger partial charge in [0.15, 0.2) is 0 Å². The number of para-hydroxylation sites is 1. The largest absolute Gasteiger partial charge is 0.461 e. The van der Waals surface area contributed by atoms with Crippen LogP contribution in [-0.4, -0.2) is 69.3 Å². The van der Waals surface area contributed by atoms with Gasteiger partial charge in [-0.25, -0.2) is 14.4 Å². The zero-order valence-electron chi connectivity index (χ0n) is 26.8. The Kier molecular flexibility index (Phi) is 8.82. The van der Waals surface area contributed by atoms with Crippen LogP contribution in [-0.2, 0) is 22.5 Å². The van der Waals surface area contributed by atoms with Crippen LogP contribution in [0.4, 0.5) is 15.3 Å². The van der Waals surface area contributed by atoms with E-state index < -0.39 is 12.0 Å². The molecule has 1 saturated heterocycles. The third kappa shape index (κ3) is 6.82. The summed E-state index contributed by atoms with van der Waals surface area (Å²) in [6, 6.07) is 21.2. The number of rotatable bonds is 7. The van der Waals surface area contributed by atoms with Crippen LogP contribution in [0.2, 0.25) is 0 Å². The molecule has 1 saturated carbocycles. The molecular formula is C37H42N6O4. The van der Waals surface area contributed by atoms with Crippen molar-refractivity contribution in [2.45, 2.75) is 82.5 Å². The molecule has 1 unspecified atom stereocenters. The van der Waals surface area contributed by atoms with E-state index in [0.29, 0.717) is 44.8 Å². The maximum Gasteiger partial charge on any atom is 0.329 e. The quantitative estimate of drug-likeness (QED) is 0.207. The van der Waals surface area contributed by atoms with E-state index in [4.69, 9.17) is 4.74 Å². The lowest BCUT2D eigenvalue weighted by Crippen LogP contribution is -2.55. The first-order valence-corrected chi connectivity index (χ1v) is 16.8. The van der Waals surface area contributed by atoms with Gasteiger partial charge in [0.1, 0.15) is 12.1 Å². The number of esters is 1. The number of anilines is 1. The molecule has 2 aliphatic heterocycles. The van der Waals surface area contributed by atoms with E-state index in [9.17, 15) is 14.4 Å². The van der Waals surface area contributed by atoms with Gasteiger partial charge in [0, 0.05) is 43.2 Å². The molecule has 0 radical (unpaired) electrons. The minimum absolute atomic E-state index is 0.0313. The first kappa shape index (κ1) is 30.8. The first-order chi connectivity index (χ1) is 22.9. The van der Waals surface area contributed by atoms with E-state index in [-0.39, 0.29) is 24.2 Å². The van der Waals surface area contributed by atoms with Crippen LogP contribution < -0.4 is 10.6 Å². The number of ether oxygens (including phenoxy) is 1. The molecular weight excluding hydrogens is 592 g/mol. The van der Waals surface area contributed by atoms with Crippen LogP contribution >= 0.6 is 0 Å². The highest BCUT2D eigenvalue weighted by atomic mass is 16.5. The van der Waals surface area contributed by atoms with Gasteiger partial charge < -0.3 is 25.2 Å². The van der Waals surface area contributed by atoms with E-state index in [0.717, 1.165) is 59.0 Å². The van der Waals surface area contributed by atoms with E-state index in [1.807, 2.05) is 54.3 Å². The van der Waals surface area contributed by atoms with Crippen LogP contribution in [0.15, 0.2) is 72.9 Å². The summed E-state index contributed by atoms with van der Waals surface area (Å²) in [5.41, 5.74) is 6.20. The van der Waals surface area contributed by atoms with Crippen LogP contribution in [0.1, 0.15) is 66.7 Å². The summed E-state index contributed by atoms with van der Waals surface area (Å²) in [7, 11) is 0. The highest BCUT2D eigenvalue weighted by Gasteiger charge is 2.35. The molecule has 0 bridgehead atoms. The minimum atomic E-state index is -0.833. The van der Waals surface area contributed by atoms with Gasteiger partial charge in [-0.05, 0) is 85.8 Å². The molecule has 0 spiro atoms. The Morgan fingerprint density at radius 1 is 0.979 bits per heavy atom. The van der Waals surface area contributed by atoms with Crippen molar-refractivity contribution < 1.29 is 19.1 Å². The Morgan fingerprint density at radius 2 is 1.72 bits per heavy atom. The number of aromatic nitrogens is 2. The molecule has 244 valence electrons. The molecule has 4 aromatic rings. The monoisotopic (exact) mass is 634 g/mol. The van der Waals surface area contributed by atoms with E-state index >= 15 is 0 Å². The molecule has 47 heavy (non-hydrogen) atoms. The second-order valence-electron chi connectivity index (χ2n) is 13.2. The molecule has 1 atom stereocenters. The summed E-state index contributed by atoms with van der Waals surface area (Å²) in [5, 5.41) is 14.2. The number of aryl methyl sites for hydroxylation is 1. The molecule has 2 fully saturated rings. The average Bonchev–Trinajstić information content (AvgIpc) is 3.58. The number of nitrogens with one attached hydrogen (secondary N) is 3. The number of amides is 4. The van der Waals surface area contributed by atoms with Gasteiger partial charge in [0.05, 0.1) is 11.7 Å². The van der Waals surface area contributed by atoms with Gasteiger partial charge in [-0.1, -0.05) is 54.6 Å². The maximum atomic E-state index is 13.8. The Hall–Kier alpha value is -4.86. The van der Waals surface area contributed by atoms with Crippen molar-refractivity contribution in [2.75, 3.05) is 18.4 Å². The normalized spacial score (nSPS) is 20.7. The van der Waals surface area contributed by atoms with Crippen molar-refractivity contribution in [2.24, 2.45) is 0 Å². The molecule has 7 rings (SSSR count). The lowest BCUT2D eigenvalue weighted by atomic mass is 9.83. The second-order valence-corrected chi connectivity index (χ2v) is 13.2. The van der Waals surface area contributed by atoms with Gasteiger partial charge in [0.2, 0.25) is 0 Å². The van der Waals surface area contributed by atoms with Crippen molar-refractivity contribution >= 4 is 34.6 Å². The van der Waals surface area contributed by atoms with Gasteiger partial charge in [-0.3, -0.25) is 5.10 Å². The van der Waals surface area contributed by atoms with Crippen molar-refractivity contribution in [3.63, 3.8) is 0 Å². The number of carbonyl (C=O) groups excluding carboxylic acids is 3. The smallest absolute Gasteiger partial charge is 0.329 e. The van der Waals surface area contributed by atoms with Crippen molar-refractivity contribution in [3.05, 3.63) is 95.2 Å². The Labute approximate surface area is 274 Å². The predicted molar refractivity (Wildman–Crippen MR) is 180 cm³/mol. The number of urea groups is 2. The fraction of sp³-hybridized carbons (Fsp3) is 0.405. The zero-order valence-corrected chi connectivity index (χ0v) is 26.8. The number of likely N-dealkylation sites (tertiary alicyclic amines) is 1. The van der Waals surface area contributed by atoms with E-state index in [1.54, 1.807) is 11.1 Å². The first-order valence-electron chi connectivity index (χ1n) is 16.8. The highest BCUT2D eigenvalue weighted by molar-refractivity contribution is 5.92. The number of aromatic amines is 1. The summed E-state index contributed by atoms with van der Waals surface area (Å²) >= 11 is 0. The molecule has 4 amide bonds. The number of fused-ring (bicyclic) bond motifs is 2. The summed E-state index contributed by atoms with van der Waals surface area (Å²) in [5.74, 6) is 0.0741. The molecule has 3 N–H and O–H groups in total. The van der Waals surface area contributed by atoms with Crippen LogP contribution in [0.25, 0.3) is 10.9 Å². The Bertz CT molecular complexity index is 1740. The number of hydrogen-bond donors (Lipinski definition) is 3. The predicted octanol–water partition coefficient (Wildman–Crippen LogP) is 6.27. The number of nitrogens with zero attached hydrogens (tertiary/aromatic N) is 3. The lowest BCUT2D eigenvalue weighted by molar-refractivity contribution is -0.153. The van der Waals surface area contributed by atoms with E-state index in [1.165, 1.54) is 5.56 Å². The van der Waals surface area contributed by atoms with E-state index in [2.05, 4.69) is 45.1 Å². The third-order valence-electron chi connectivity index (χ3n) is 10.1. The second kappa shape index (κ2) is 13.5. The molecule has 10 nitrogen and oxygen atoms in total. The fourth-order valence-corrected chi connectivity index (χ4v) is 7.48. The van der Waals surface area contributed by atoms with Crippen molar-refractivity contribution in [1.29, 1.82) is 0 Å². The standard InChI is InChI=1S/C37H42N6O4/c1-24-19-25(20-29-22-38-41-34(24)29)21-33(35(44)47-31-13-11-27(12-14-31)26-7-3-2-4-8-26)40-36(45)42-17-15-30(16-18-42)43-23-28-9-5-6-10-32(28)39-37(43)46/h2-10,19-20,22,27,30-31,33H,11-18,21,23H2,1H3,(H,38,41)(H,39,46)(H,40,45).